The molecule has 0 fully saturated rings. The number of ether oxygens (including phenoxy) is 1. The van der Waals surface area contributed by atoms with Crippen molar-refractivity contribution >= 4 is 34.4 Å². The van der Waals surface area contributed by atoms with Crippen LogP contribution in [-0.4, -0.2) is 27.8 Å². The molecule has 17 heavy (non-hydrogen) atoms. The molecule has 0 atom stereocenters. The maximum absolute atomic E-state index is 11.3. The summed E-state index contributed by atoms with van der Waals surface area (Å²) in [4.78, 5) is 15.4. The number of hydrogen-bond donors (Lipinski definition) is 1. The van der Waals surface area contributed by atoms with E-state index in [1.165, 1.54) is 17.9 Å². The van der Waals surface area contributed by atoms with Crippen LogP contribution in [0.25, 0.3) is 5.82 Å². The number of nitrogens with two attached hydrogens (primary N) is 1. The van der Waals surface area contributed by atoms with Gasteiger partial charge in [-0.05, 0) is 34.7 Å². The summed E-state index contributed by atoms with van der Waals surface area (Å²) in [7, 11) is 1.29. The van der Waals surface area contributed by atoms with Crippen LogP contribution in [0.3, 0.4) is 0 Å². The molecule has 0 aliphatic rings. The van der Waals surface area contributed by atoms with E-state index in [1.54, 1.807) is 6.20 Å². The Bertz CT molecular complexity index is 567. The van der Waals surface area contributed by atoms with Crippen molar-refractivity contribution in [2.45, 2.75) is 0 Å². The average molecular weight is 344 g/mol. The quantitative estimate of drug-likeness (QED) is 0.655. The Hall–Kier alpha value is -1.64. The first-order chi connectivity index (χ1) is 8.11. The Labute approximate surface area is 111 Å². The van der Waals surface area contributed by atoms with Crippen molar-refractivity contribution in [3.63, 3.8) is 0 Å². The molecule has 88 valence electrons. The van der Waals surface area contributed by atoms with E-state index in [0.29, 0.717) is 11.6 Å². The number of nitrogens with zero attached hydrogens (tertiary/aromatic N) is 3. The van der Waals surface area contributed by atoms with Crippen LogP contribution in [0, 0.1) is 3.57 Å². The number of aromatic nitrogens is 3. The second-order valence-electron chi connectivity index (χ2n) is 3.19. The van der Waals surface area contributed by atoms with Gasteiger partial charge in [0.05, 0.1) is 7.11 Å². The Morgan fingerprint density at radius 3 is 2.94 bits per heavy atom. The van der Waals surface area contributed by atoms with E-state index in [-0.39, 0.29) is 5.69 Å². The van der Waals surface area contributed by atoms with Crippen molar-refractivity contribution in [3.05, 3.63) is 33.7 Å². The third-order valence-electron chi connectivity index (χ3n) is 2.06. The molecular formula is C10H9IN4O2. The van der Waals surface area contributed by atoms with E-state index in [1.807, 2.05) is 12.1 Å². The molecule has 0 aliphatic heterocycles. The minimum absolute atomic E-state index is 0.158. The molecule has 2 N–H and O–H groups in total. The number of methoxy groups -OCH3 is 1. The highest BCUT2D eigenvalue weighted by Crippen LogP contribution is 2.15. The number of esters is 1. The highest BCUT2D eigenvalue weighted by Gasteiger charge is 2.14. The summed E-state index contributed by atoms with van der Waals surface area (Å²) in [5.41, 5.74) is 5.92. The summed E-state index contributed by atoms with van der Waals surface area (Å²) in [5, 5.41) is 4.04. The van der Waals surface area contributed by atoms with Gasteiger partial charge in [0, 0.05) is 15.8 Å². The monoisotopic (exact) mass is 344 g/mol. The van der Waals surface area contributed by atoms with Crippen molar-refractivity contribution in [3.8, 4) is 5.82 Å². The van der Waals surface area contributed by atoms with Crippen LogP contribution < -0.4 is 5.73 Å². The zero-order valence-corrected chi connectivity index (χ0v) is 11.1. The lowest BCUT2D eigenvalue weighted by Gasteiger charge is -2.02. The van der Waals surface area contributed by atoms with Gasteiger partial charge in [0.2, 0.25) is 0 Å². The molecule has 0 bridgehead atoms. The predicted octanol–water partition coefficient (Wildman–Crippen LogP) is 1.24. The third kappa shape index (κ3) is 2.38. The van der Waals surface area contributed by atoms with E-state index >= 15 is 0 Å². The minimum Gasteiger partial charge on any atom is -0.464 e. The van der Waals surface area contributed by atoms with Crippen molar-refractivity contribution in [2.75, 3.05) is 12.8 Å². The van der Waals surface area contributed by atoms with Crippen molar-refractivity contribution in [1.29, 1.82) is 0 Å². The van der Waals surface area contributed by atoms with Gasteiger partial charge in [-0.15, -0.1) is 0 Å². The van der Waals surface area contributed by atoms with Gasteiger partial charge < -0.3 is 10.5 Å². The van der Waals surface area contributed by atoms with Gasteiger partial charge >= 0.3 is 5.97 Å². The standard InChI is InChI=1S/C10H9IN4O2/c1-17-10(16)7-5-8(12)15(14-7)9-4-6(11)2-3-13-9/h2-5H,12H2,1H3. The number of anilines is 1. The molecule has 2 aromatic rings. The molecule has 0 saturated heterocycles. The average Bonchev–Trinajstić information content (AvgIpc) is 2.70. The molecule has 6 nitrogen and oxygen atoms in total. The highest BCUT2D eigenvalue weighted by atomic mass is 127. The van der Waals surface area contributed by atoms with Crippen LogP contribution in [0.4, 0.5) is 5.82 Å². The van der Waals surface area contributed by atoms with Gasteiger partial charge in [0.25, 0.3) is 0 Å². The molecule has 0 spiro atoms. The maximum atomic E-state index is 11.3. The van der Waals surface area contributed by atoms with Gasteiger partial charge in [-0.2, -0.15) is 9.78 Å². The summed E-state index contributed by atoms with van der Waals surface area (Å²) in [5.74, 6) is 0.366. The Morgan fingerprint density at radius 2 is 2.29 bits per heavy atom. The van der Waals surface area contributed by atoms with E-state index in [9.17, 15) is 4.79 Å². The van der Waals surface area contributed by atoms with Gasteiger partial charge in [0.1, 0.15) is 5.82 Å². The fourth-order valence-electron chi connectivity index (χ4n) is 1.29. The highest BCUT2D eigenvalue weighted by molar-refractivity contribution is 14.1. The maximum Gasteiger partial charge on any atom is 0.358 e. The molecule has 0 aliphatic carbocycles. The van der Waals surface area contributed by atoms with Crippen LogP contribution in [0.1, 0.15) is 10.5 Å². The van der Waals surface area contributed by atoms with Crippen LogP contribution in [0.15, 0.2) is 24.4 Å². The number of hydrogen-bond acceptors (Lipinski definition) is 5. The lowest BCUT2D eigenvalue weighted by Crippen LogP contribution is -2.06. The molecule has 2 rings (SSSR count). The molecule has 2 aromatic heterocycles. The Kier molecular flexibility index (Phi) is 3.27. The van der Waals surface area contributed by atoms with Crippen LogP contribution in [0.2, 0.25) is 0 Å². The van der Waals surface area contributed by atoms with Gasteiger partial charge in [-0.25, -0.2) is 9.78 Å². The molecule has 0 amide bonds. The first kappa shape index (κ1) is 11.8. The van der Waals surface area contributed by atoms with Gasteiger partial charge in [-0.1, -0.05) is 0 Å². The number of pyridine rings is 1. The summed E-state index contributed by atoms with van der Waals surface area (Å²) >= 11 is 2.16. The van der Waals surface area contributed by atoms with Crippen molar-refractivity contribution < 1.29 is 9.53 Å². The zero-order valence-electron chi connectivity index (χ0n) is 8.92. The molecule has 2 heterocycles. The number of carbonyl (C=O) groups is 1. The summed E-state index contributed by atoms with van der Waals surface area (Å²) in [6.45, 7) is 0. The predicted molar refractivity (Wildman–Crippen MR) is 69.8 cm³/mol. The van der Waals surface area contributed by atoms with E-state index in [4.69, 9.17) is 5.73 Å². The Morgan fingerprint density at radius 1 is 1.53 bits per heavy atom. The second kappa shape index (κ2) is 4.70. The molecular weight excluding hydrogens is 335 g/mol. The van der Waals surface area contributed by atoms with E-state index in [0.717, 1.165) is 3.57 Å². The largest absolute Gasteiger partial charge is 0.464 e. The number of rotatable bonds is 2. The number of carbonyl (C=O) groups excluding carboxylic acids is 1. The zero-order chi connectivity index (χ0) is 12.4. The molecule has 0 saturated carbocycles. The summed E-state index contributed by atoms with van der Waals surface area (Å²) < 4.78 is 6.97. The number of halogens is 1. The lowest BCUT2D eigenvalue weighted by molar-refractivity contribution is 0.0593. The van der Waals surface area contributed by atoms with Gasteiger partial charge in [-0.3, -0.25) is 0 Å². The SMILES string of the molecule is COC(=O)c1cc(N)n(-c2cc(I)ccn2)n1. The first-order valence-corrected chi connectivity index (χ1v) is 5.75. The van der Waals surface area contributed by atoms with Crippen molar-refractivity contribution in [2.24, 2.45) is 0 Å². The van der Waals surface area contributed by atoms with Crippen LogP contribution in [-0.2, 0) is 4.74 Å². The van der Waals surface area contributed by atoms with Crippen LogP contribution >= 0.6 is 22.6 Å². The van der Waals surface area contributed by atoms with Gasteiger partial charge in [0.15, 0.2) is 11.5 Å². The topological polar surface area (TPSA) is 83.0 Å². The smallest absolute Gasteiger partial charge is 0.358 e. The first-order valence-electron chi connectivity index (χ1n) is 4.67. The molecule has 0 unspecified atom stereocenters. The third-order valence-corrected chi connectivity index (χ3v) is 2.73. The fraction of sp³-hybridized carbons (Fsp3) is 0.100. The van der Waals surface area contributed by atoms with Crippen LogP contribution in [0.5, 0.6) is 0 Å². The van der Waals surface area contributed by atoms with E-state index in [2.05, 4.69) is 37.4 Å². The summed E-state index contributed by atoms with van der Waals surface area (Å²) in [6, 6.07) is 5.11. The molecule has 7 heteroatoms. The summed E-state index contributed by atoms with van der Waals surface area (Å²) in [6.07, 6.45) is 1.65. The molecule has 0 radical (unpaired) electrons. The van der Waals surface area contributed by atoms with Crippen molar-refractivity contribution in [1.82, 2.24) is 14.8 Å². The normalized spacial score (nSPS) is 10.2. The molecule has 0 aromatic carbocycles. The number of nitrogen functional groups attached to an aromatic ring is 1. The second-order valence-corrected chi connectivity index (χ2v) is 4.44. The minimum atomic E-state index is -0.527. The fourth-order valence-corrected chi connectivity index (χ4v) is 1.73. The Balaban J connectivity index is 2.46. The lowest BCUT2D eigenvalue weighted by atomic mass is 10.4. The van der Waals surface area contributed by atoms with E-state index < -0.39 is 5.97 Å².